The predicted octanol–water partition coefficient (Wildman–Crippen LogP) is 1.59. The van der Waals surface area contributed by atoms with Gasteiger partial charge in [0.1, 0.15) is 0 Å². The van der Waals surface area contributed by atoms with E-state index in [-0.39, 0.29) is 5.97 Å². The van der Waals surface area contributed by atoms with Crippen LogP contribution in [0.5, 0.6) is 0 Å². The van der Waals surface area contributed by atoms with Crippen molar-refractivity contribution in [1.29, 1.82) is 0 Å². The normalized spacial score (nSPS) is 23.1. The molecule has 3 heteroatoms. The molecule has 0 saturated carbocycles. The van der Waals surface area contributed by atoms with E-state index in [9.17, 15) is 4.79 Å². The van der Waals surface area contributed by atoms with Gasteiger partial charge in [-0.1, -0.05) is 12.5 Å². The summed E-state index contributed by atoms with van der Waals surface area (Å²) in [5.41, 5.74) is 0. The molecular formula is C11H19NO2. The minimum Gasteiger partial charge on any atom is -0.465 e. The lowest BCUT2D eigenvalue weighted by Crippen LogP contribution is -2.41. The average Bonchev–Trinajstić information content (AvgIpc) is 2.19. The molecule has 0 spiro atoms. The van der Waals surface area contributed by atoms with Gasteiger partial charge in [0.15, 0.2) is 0 Å². The second-order valence-electron chi connectivity index (χ2n) is 3.57. The molecule has 0 aromatic carbocycles. The van der Waals surface area contributed by atoms with Gasteiger partial charge in [0, 0.05) is 6.04 Å². The maximum absolute atomic E-state index is 11.3. The van der Waals surface area contributed by atoms with E-state index in [0.29, 0.717) is 19.2 Å². The largest absolute Gasteiger partial charge is 0.465 e. The van der Waals surface area contributed by atoms with Crippen LogP contribution >= 0.6 is 0 Å². The minimum absolute atomic E-state index is 0.124. The number of esters is 1. The number of nitrogens with zero attached hydrogens (tertiary/aromatic N) is 1. The molecule has 1 aliphatic heterocycles. The van der Waals surface area contributed by atoms with Crippen molar-refractivity contribution in [2.75, 3.05) is 19.7 Å². The molecular weight excluding hydrogens is 178 g/mol. The van der Waals surface area contributed by atoms with Crippen molar-refractivity contribution in [2.45, 2.75) is 32.2 Å². The van der Waals surface area contributed by atoms with E-state index in [1.165, 1.54) is 12.8 Å². The van der Waals surface area contributed by atoms with Crippen molar-refractivity contribution in [3.8, 4) is 0 Å². The minimum atomic E-state index is -0.124. The number of hydrogen-bond acceptors (Lipinski definition) is 3. The fourth-order valence-electron chi connectivity index (χ4n) is 1.85. The fraction of sp³-hybridized carbons (Fsp3) is 0.727. The third-order valence-corrected chi connectivity index (χ3v) is 2.57. The molecule has 1 aliphatic rings. The summed E-state index contributed by atoms with van der Waals surface area (Å²) in [6, 6.07) is 0.355. The molecule has 0 aromatic rings. The van der Waals surface area contributed by atoms with Crippen LogP contribution in [0.1, 0.15) is 26.2 Å². The molecule has 0 amide bonds. The van der Waals surface area contributed by atoms with Crippen molar-refractivity contribution >= 4 is 5.97 Å². The zero-order valence-electron chi connectivity index (χ0n) is 8.87. The van der Waals surface area contributed by atoms with Crippen molar-refractivity contribution < 1.29 is 9.53 Å². The van der Waals surface area contributed by atoms with Crippen molar-refractivity contribution in [1.82, 2.24) is 4.90 Å². The Kier molecular flexibility index (Phi) is 4.66. The standard InChI is InChI=1S/C11H19NO2/c1-3-10-7-5-6-8-12(10)9-11(13)14-4-2/h3,10H,1,4-9H2,2H3. The molecule has 1 saturated heterocycles. The van der Waals surface area contributed by atoms with E-state index < -0.39 is 0 Å². The summed E-state index contributed by atoms with van der Waals surface area (Å²) < 4.78 is 4.92. The van der Waals surface area contributed by atoms with Crippen LogP contribution in [0.2, 0.25) is 0 Å². The van der Waals surface area contributed by atoms with Gasteiger partial charge >= 0.3 is 5.97 Å². The number of likely N-dealkylation sites (tertiary alicyclic amines) is 1. The highest BCUT2D eigenvalue weighted by Gasteiger charge is 2.21. The first kappa shape index (κ1) is 11.2. The van der Waals surface area contributed by atoms with Crippen LogP contribution in [0.4, 0.5) is 0 Å². The smallest absolute Gasteiger partial charge is 0.320 e. The van der Waals surface area contributed by atoms with Crippen molar-refractivity contribution in [3.05, 3.63) is 12.7 Å². The Morgan fingerprint density at radius 2 is 2.43 bits per heavy atom. The molecule has 3 nitrogen and oxygen atoms in total. The van der Waals surface area contributed by atoms with E-state index in [1.54, 1.807) is 0 Å². The van der Waals surface area contributed by atoms with E-state index >= 15 is 0 Å². The van der Waals surface area contributed by atoms with Crippen LogP contribution in [0.3, 0.4) is 0 Å². The quantitative estimate of drug-likeness (QED) is 0.506. The first-order chi connectivity index (χ1) is 6.77. The number of carbonyl (C=O) groups is 1. The van der Waals surface area contributed by atoms with Crippen LogP contribution in [-0.2, 0) is 9.53 Å². The molecule has 0 aromatic heterocycles. The molecule has 0 N–H and O–H groups in total. The van der Waals surface area contributed by atoms with Crippen LogP contribution in [0.15, 0.2) is 12.7 Å². The van der Waals surface area contributed by atoms with E-state index in [4.69, 9.17) is 4.74 Å². The van der Waals surface area contributed by atoms with Gasteiger partial charge in [-0.25, -0.2) is 0 Å². The van der Waals surface area contributed by atoms with Gasteiger partial charge in [-0.05, 0) is 26.3 Å². The van der Waals surface area contributed by atoms with Crippen LogP contribution in [0.25, 0.3) is 0 Å². The van der Waals surface area contributed by atoms with Gasteiger partial charge < -0.3 is 4.74 Å². The van der Waals surface area contributed by atoms with Crippen LogP contribution in [-0.4, -0.2) is 36.6 Å². The zero-order valence-corrected chi connectivity index (χ0v) is 8.87. The third kappa shape index (κ3) is 3.14. The van der Waals surface area contributed by atoms with Crippen molar-refractivity contribution in [3.63, 3.8) is 0 Å². The Labute approximate surface area is 85.7 Å². The molecule has 0 aliphatic carbocycles. The van der Waals surface area contributed by atoms with Gasteiger partial charge in [0.2, 0.25) is 0 Å². The Morgan fingerprint density at radius 3 is 3.07 bits per heavy atom. The van der Waals surface area contributed by atoms with Gasteiger partial charge in [0.25, 0.3) is 0 Å². The summed E-state index contributed by atoms with van der Waals surface area (Å²) in [5.74, 6) is -0.124. The number of carbonyl (C=O) groups excluding carboxylic acids is 1. The molecule has 0 bridgehead atoms. The Morgan fingerprint density at radius 1 is 1.64 bits per heavy atom. The summed E-state index contributed by atoms with van der Waals surface area (Å²) in [4.78, 5) is 13.4. The summed E-state index contributed by atoms with van der Waals surface area (Å²) in [6.07, 6.45) is 5.45. The molecule has 1 atom stereocenters. The number of piperidine rings is 1. The fourth-order valence-corrected chi connectivity index (χ4v) is 1.85. The second-order valence-corrected chi connectivity index (χ2v) is 3.57. The zero-order chi connectivity index (χ0) is 10.4. The number of ether oxygens (including phenoxy) is 1. The third-order valence-electron chi connectivity index (χ3n) is 2.57. The highest BCUT2D eigenvalue weighted by atomic mass is 16.5. The lowest BCUT2D eigenvalue weighted by molar-refractivity contribution is -0.145. The Hall–Kier alpha value is -0.830. The number of rotatable bonds is 4. The lowest BCUT2D eigenvalue weighted by atomic mass is 10.0. The van der Waals surface area contributed by atoms with Gasteiger partial charge in [-0.2, -0.15) is 0 Å². The molecule has 1 heterocycles. The molecule has 80 valence electrons. The van der Waals surface area contributed by atoms with Crippen LogP contribution < -0.4 is 0 Å². The molecule has 14 heavy (non-hydrogen) atoms. The van der Waals surface area contributed by atoms with Crippen LogP contribution in [0, 0.1) is 0 Å². The lowest BCUT2D eigenvalue weighted by Gasteiger charge is -2.32. The number of hydrogen-bond donors (Lipinski definition) is 0. The monoisotopic (exact) mass is 197 g/mol. The van der Waals surface area contributed by atoms with E-state index in [2.05, 4.69) is 11.5 Å². The van der Waals surface area contributed by atoms with E-state index in [1.807, 2.05) is 13.0 Å². The average molecular weight is 197 g/mol. The summed E-state index contributed by atoms with van der Waals surface area (Å²) >= 11 is 0. The summed E-state index contributed by atoms with van der Waals surface area (Å²) in [7, 11) is 0. The topological polar surface area (TPSA) is 29.5 Å². The molecule has 1 fully saturated rings. The molecule has 1 unspecified atom stereocenters. The maximum atomic E-state index is 11.3. The maximum Gasteiger partial charge on any atom is 0.320 e. The molecule has 1 rings (SSSR count). The predicted molar refractivity (Wildman–Crippen MR) is 56.0 cm³/mol. The summed E-state index contributed by atoms with van der Waals surface area (Å²) in [6.45, 7) is 7.48. The van der Waals surface area contributed by atoms with Crippen molar-refractivity contribution in [2.24, 2.45) is 0 Å². The van der Waals surface area contributed by atoms with Gasteiger partial charge in [-0.15, -0.1) is 6.58 Å². The Bertz CT molecular complexity index is 203. The molecule has 0 radical (unpaired) electrons. The SMILES string of the molecule is C=CC1CCCCN1CC(=O)OCC. The second kappa shape index (κ2) is 5.81. The van der Waals surface area contributed by atoms with Gasteiger partial charge in [0.05, 0.1) is 13.2 Å². The Balaban J connectivity index is 2.39. The highest BCUT2D eigenvalue weighted by molar-refractivity contribution is 5.71. The van der Waals surface area contributed by atoms with Gasteiger partial charge in [-0.3, -0.25) is 9.69 Å². The highest BCUT2D eigenvalue weighted by Crippen LogP contribution is 2.17. The van der Waals surface area contributed by atoms with E-state index in [0.717, 1.165) is 13.0 Å². The first-order valence-corrected chi connectivity index (χ1v) is 5.30. The first-order valence-electron chi connectivity index (χ1n) is 5.30. The summed E-state index contributed by atoms with van der Waals surface area (Å²) in [5, 5.41) is 0.